The summed E-state index contributed by atoms with van der Waals surface area (Å²) in [4.78, 5) is 14.8. The summed E-state index contributed by atoms with van der Waals surface area (Å²) in [5, 5.41) is 3.02. The molecule has 6 nitrogen and oxygen atoms in total. The standard InChI is InChI=1S/C24H30N2O4/c1-2-3-7-20-16-26(15-19-6-4-5-8-21(19)30-20)12-11-24(27)25-14-18-9-10-22-23(13-18)29-17-28-22/h4-6,8-10,13,20H,2-3,7,11-12,14-17H2,1H3,(H,25,27)/t20-/m0/s1. The summed E-state index contributed by atoms with van der Waals surface area (Å²) in [7, 11) is 0. The van der Waals surface area contributed by atoms with Crippen LogP contribution in [0.25, 0.3) is 0 Å². The topological polar surface area (TPSA) is 60.0 Å². The molecule has 0 aromatic heterocycles. The molecule has 1 amide bonds. The number of amides is 1. The monoisotopic (exact) mass is 410 g/mol. The molecule has 2 aromatic carbocycles. The molecular formula is C24H30N2O4. The first-order chi connectivity index (χ1) is 14.7. The Morgan fingerprint density at radius 3 is 2.90 bits per heavy atom. The first-order valence-corrected chi connectivity index (χ1v) is 10.8. The Bertz CT molecular complexity index is 870. The molecule has 2 aliphatic rings. The number of ether oxygens (including phenoxy) is 3. The smallest absolute Gasteiger partial charge is 0.231 e. The van der Waals surface area contributed by atoms with Crippen LogP contribution in [0.5, 0.6) is 17.2 Å². The number of fused-ring (bicyclic) bond motifs is 2. The number of hydrogen-bond acceptors (Lipinski definition) is 5. The van der Waals surface area contributed by atoms with Crippen LogP contribution in [0.3, 0.4) is 0 Å². The zero-order chi connectivity index (χ0) is 20.8. The van der Waals surface area contributed by atoms with Gasteiger partial charge in [-0.3, -0.25) is 9.69 Å². The zero-order valence-electron chi connectivity index (χ0n) is 17.6. The predicted molar refractivity (Wildman–Crippen MR) is 115 cm³/mol. The van der Waals surface area contributed by atoms with Gasteiger partial charge in [0.05, 0.1) is 0 Å². The molecule has 0 aliphatic carbocycles. The summed E-state index contributed by atoms with van der Waals surface area (Å²) >= 11 is 0. The van der Waals surface area contributed by atoms with E-state index in [1.807, 2.05) is 30.3 Å². The molecule has 1 N–H and O–H groups in total. The molecule has 0 saturated heterocycles. The number of para-hydroxylation sites is 1. The second-order valence-electron chi connectivity index (χ2n) is 7.94. The number of nitrogens with one attached hydrogen (secondary N) is 1. The van der Waals surface area contributed by atoms with Gasteiger partial charge in [-0.25, -0.2) is 0 Å². The highest BCUT2D eigenvalue weighted by atomic mass is 16.7. The summed E-state index contributed by atoms with van der Waals surface area (Å²) in [6.45, 7) is 5.33. The average molecular weight is 411 g/mol. The maximum Gasteiger partial charge on any atom is 0.231 e. The predicted octanol–water partition coefficient (Wildman–Crippen LogP) is 3.88. The van der Waals surface area contributed by atoms with Gasteiger partial charge in [0.1, 0.15) is 11.9 Å². The number of unbranched alkanes of at least 4 members (excludes halogenated alkanes) is 1. The van der Waals surface area contributed by atoms with Crippen LogP contribution >= 0.6 is 0 Å². The van der Waals surface area contributed by atoms with Crippen molar-refractivity contribution in [2.75, 3.05) is 19.9 Å². The van der Waals surface area contributed by atoms with Crippen molar-refractivity contribution in [3.8, 4) is 17.2 Å². The maximum atomic E-state index is 12.5. The lowest BCUT2D eigenvalue weighted by atomic mass is 10.1. The Kier molecular flexibility index (Phi) is 6.74. The van der Waals surface area contributed by atoms with E-state index in [9.17, 15) is 4.79 Å². The molecular weight excluding hydrogens is 380 g/mol. The van der Waals surface area contributed by atoms with Crippen molar-refractivity contribution in [1.82, 2.24) is 10.2 Å². The van der Waals surface area contributed by atoms with Gasteiger partial charge in [0.25, 0.3) is 0 Å². The van der Waals surface area contributed by atoms with Crippen molar-refractivity contribution in [3.05, 3.63) is 53.6 Å². The summed E-state index contributed by atoms with van der Waals surface area (Å²) < 4.78 is 17.0. The molecule has 4 rings (SSSR count). The molecule has 0 fully saturated rings. The highest BCUT2D eigenvalue weighted by molar-refractivity contribution is 5.76. The lowest BCUT2D eigenvalue weighted by Gasteiger charge is -2.23. The van der Waals surface area contributed by atoms with Gasteiger partial charge in [0, 0.05) is 38.2 Å². The van der Waals surface area contributed by atoms with E-state index >= 15 is 0 Å². The first-order valence-electron chi connectivity index (χ1n) is 10.8. The third-order valence-corrected chi connectivity index (χ3v) is 5.58. The van der Waals surface area contributed by atoms with Gasteiger partial charge in [0.2, 0.25) is 12.7 Å². The number of carbonyl (C=O) groups is 1. The third-order valence-electron chi connectivity index (χ3n) is 5.58. The van der Waals surface area contributed by atoms with Crippen molar-refractivity contribution in [1.29, 1.82) is 0 Å². The van der Waals surface area contributed by atoms with Crippen LogP contribution in [-0.2, 0) is 17.9 Å². The van der Waals surface area contributed by atoms with Crippen molar-refractivity contribution in [2.24, 2.45) is 0 Å². The van der Waals surface area contributed by atoms with Gasteiger partial charge in [-0.15, -0.1) is 0 Å². The molecule has 30 heavy (non-hydrogen) atoms. The van der Waals surface area contributed by atoms with E-state index in [4.69, 9.17) is 14.2 Å². The molecule has 0 saturated carbocycles. The molecule has 6 heteroatoms. The molecule has 0 radical (unpaired) electrons. The number of rotatable bonds is 8. The second kappa shape index (κ2) is 9.85. The van der Waals surface area contributed by atoms with Crippen LogP contribution in [0, 0.1) is 0 Å². The average Bonchev–Trinajstić information content (AvgIpc) is 3.15. The highest BCUT2D eigenvalue weighted by Gasteiger charge is 2.23. The quantitative estimate of drug-likeness (QED) is 0.716. The first kappa shape index (κ1) is 20.5. The Balaban J connectivity index is 1.29. The van der Waals surface area contributed by atoms with E-state index in [-0.39, 0.29) is 18.8 Å². The minimum atomic E-state index is 0.0521. The minimum absolute atomic E-state index is 0.0521. The molecule has 0 spiro atoms. The van der Waals surface area contributed by atoms with Gasteiger partial charge in [-0.05, 0) is 36.6 Å². The van der Waals surface area contributed by atoms with Crippen LogP contribution in [-0.4, -0.2) is 36.8 Å². The summed E-state index contributed by atoms with van der Waals surface area (Å²) in [5.74, 6) is 2.53. The molecule has 2 heterocycles. The zero-order valence-corrected chi connectivity index (χ0v) is 17.6. The number of benzene rings is 2. The molecule has 2 aliphatic heterocycles. The number of carbonyl (C=O) groups excluding carboxylic acids is 1. The van der Waals surface area contributed by atoms with Gasteiger partial charge in [0.15, 0.2) is 11.5 Å². The van der Waals surface area contributed by atoms with Crippen LogP contribution < -0.4 is 19.5 Å². The van der Waals surface area contributed by atoms with E-state index in [0.717, 1.165) is 55.2 Å². The lowest BCUT2D eigenvalue weighted by Crippen LogP contribution is -2.35. The molecule has 0 unspecified atom stereocenters. The normalized spacial score (nSPS) is 17.7. The van der Waals surface area contributed by atoms with E-state index in [2.05, 4.69) is 29.3 Å². The SMILES string of the molecule is CCCC[C@H]1CN(CCC(=O)NCc2ccc3c(c2)OCO3)Cc2ccccc2O1. The minimum Gasteiger partial charge on any atom is -0.489 e. The Labute approximate surface area is 178 Å². The van der Waals surface area contributed by atoms with E-state index in [1.165, 1.54) is 5.56 Å². The third kappa shape index (κ3) is 5.25. The van der Waals surface area contributed by atoms with E-state index < -0.39 is 0 Å². The second-order valence-corrected chi connectivity index (χ2v) is 7.94. The maximum absolute atomic E-state index is 12.5. The fourth-order valence-electron chi connectivity index (χ4n) is 3.91. The van der Waals surface area contributed by atoms with Gasteiger partial charge in [-0.1, -0.05) is 37.6 Å². The molecule has 1 atom stereocenters. The largest absolute Gasteiger partial charge is 0.489 e. The fourth-order valence-corrected chi connectivity index (χ4v) is 3.91. The Morgan fingerprint density at radius 2 is 2.00 bits per heavy atom. The van der Waals surface area contributed by atoms with Crippen LogP contribution in [0.2, 0.25) is 0 Å². The highest BCUT2D eigenvalue weighted by Crippen LogP contribution is 2.32. The summed E-state index contributed by atoms with van der Waals surface area (Å²) in [5.41, 5.74) is 2.20. The van der Waals surface area contributed by atoms with Crippen LogP contribution in [0.4, 0.5) is 0 Å². The van der Waals surface area contributed by atoms with Gasteiger partial charge >= 0.3 is 0 Å². The van der Waals surface area contributed by atoms with Crippen molar-refractivity contribution in [2.45, 2.75) is 51.8 Å². The van der Waals surface area contributed by atoms with E-state index in [1.54, 1.807) is 0 Å². The van der Waals surface area contributed by atoms with Gasteiger partial charge < -0.3 is 19.5 Å². The molecule has 0 bridgehead atoms. The van der Waals surface area contributed by atoms with Crippen molar-refractivity contribution >= 4 is 5.91 Å². The van der Waals surface area contributed by atoms with E-state index in [0.29, 0.717) is 19.5 Å². The lowest BCUT2D eigenvalue weighted by molar-refractivity contribution is -0.121. The van der Waals surface area contributed by atoms with Gasteiger partial charge in [-0.2, -0.15) is 0 Å². The summed E-state index contributed by atoms with van der Waals surface area (Å²) in [6, 6.07) is 14.0. The molecule has 2 aromatic rings. The number of hydrogen-bond donors (Lipinski definition) is 1. The molecule has 160 valence electrons. The van der Waals surface area contributed by atoms with Crippen LogP contribution in [0.1, 0.15) is 43.7 Å². The van der Waals surface area contributed by atoms with Crippen molar-refractivity contribution in [3.63, 3.8) is 0 Å². The van der Waals surface area contributed by atoms with Crippen LogP contribution in [0.15, 0.2) is 42.5 Å². The summed E-state index contributed by atoms with van der Waals surface area (Å²) in [6.07, 6.45) is 3.98. The fraction of sp³-hybridized carbons (Fsp3) is 0.458. The Morgan fingerprint density at radius 1 is 1.13 bits per heavy atom. The number of nitrogens with zero attached hydrogens (tertiary/aromatic N) is 1. The Hall–Kier alpha value is -2.73. The van der Waals surface area contributed by atoms with Crippen molar-refractivity contribution < 1.29 is 19.0 Å².